The molecule has 108 valence electrons. The van der Waals surface area contributed by atoms with Crippen LogP contribution in [0.5, 0.6) is 0 Å². The minimum absolute atomic E-state index is 0.0285. The Morgan fingerprint density at radius 3 is 1.45 bits per heavy atom. The summed E-state index contributed by atoms with van der Waals surface area (Å²) in [6, 6.07) is 0. The van der Waals surface area contributed by atoms with Gasteiger partial charge in [0.25, 0.3) is 0 Å². The summed E-state index contributed by atoms with van der Waals surface area (Å²) >= 11 is 27.6. The lowest BCUT2D eigenvalue weighted by Gasteiger charge is -2.20. The minimum Gasteiger partial charge on any atom is -0.116 e. The van der Waals surface area contributed by atoms with Gasteiger partial charge >= 0.3 is 0 Å². The lowest BCUT2D eigenvalue weighted by Crippen LogP contribution is -2.09. The molecule has 4 heterocycles. The lowest BCUT2D eigenvalue weighted by atomic mass is 10.9. The first-order chi connectivity index (χ1) is 9.70. The highest BCUT2D eigenvalue weighted by atomic mass is 35.5. The molecule has 4 rings (SSSR count). The molecule has 0 unspecified atom stereocenters. The van der Waals surface area contributed by atoms with Crippen molar-refractivity contribution in [1.82, 2.24) is 0 Å². The van der Waals surface area contributed by atoms with Crippen molar-refractivity contribution in [3.8, 4) is 0 Å². The largest absolute Gasteiger partial charge is 0.116 e. The summed E-state index contributed by atoms with van der Waals surface area (Å²) in [6.45, 7) is 0. The summed E-state index contributed by atoms with van der Waals surface area (Å²) in [5.41, 5.74) is 0. The fraction of sp³-hybridized carbons (Fsp3) is 0.400. The highest BCUT2D eigenvalue weighted by Crippen LogP contribution is 2.69. The second-order valence-electron chi connectivity index (χ2n) is 3.77. The fourth-order valence-corrected chi connectivity index (χ4v) is 14.8. The molecule has 0 bridgehead atoms. The van der Waals surface area contributed by atoms with Gasteiger partial charge in [0.05, 0.1) is 25.4 Å². The van der Waals surface area contributed by atoms with Crippen LogP contribution in [0, 0.1) is 0 Å². The van der Waals surface area contributed by atoms with Gasteiger partial charge in [0.15, 0.2) is 0 Å². The molecule has 2 atom stereocenters. The monoisotopic (exact) mass is 452 g/mol. The van der Waals surface area contributed by atoms with Gasteiger partial charge in [-0.3, -0.25) is 0 Å². The molecule has 0 aromatic rings. The molecular formula is C10H6Cl2S8. The molecule has 0 aromatic carbocycles. The maximum Gasteiger partial charge on any atom is 0.110 e. The second kappa shape index (κ2) is 6.84. The first kappa shape index (κ1) is 16.1. The highest BCUT2D eigenvalue weighted by Gasteiger charge is 2.37. The third-order valence-corrected chi connectivity index (χ3v) is 15.9. The van der Waals surface area contributed by atoms with Gasteiger partial charge in [-0.25, -0.2) is 0 Å². The van der Waals surface area contributed by atoms with Gasteiger partial charge < -0.3 is 0 Å². The molecule has 0 spiro atoms. The van der Waals surface area contributed by atoms with Crippen LogP contribution < -0.4 is 0 Å². The summed E-state index contributed by atoms with van der Waals surface area (Å²) in [4.78, 5) is 0. The Morgan fingerprint density at radius 1 is 0.600 bits per heavy atom. The summed E-state index contributed by atoms with van der Waals surface area (Å²) in [5.74, 6) is 2.48. The van der Waals surface area contributed by atoms with Crippen LogP contribution >= 0.6 is 117 Å². The molecule has 0 nitrogen and oxygen atoms in total. The Bertz CT molecular complexity index is 509. The molecule has 0 fully saturated rings. The average Bonchev–Trinajstić information content (AvgIpc) is 3.02. The van der Waals surface area contributed by atoms with E-state index in [9.17, 15) is 0 Å². The highest BCUT2D eigenvalue weighted by molar-refractivity contribution is 8.46. The summed E-state index contributed by atoms with van der Waals surface area (Å²) in [5, 5.41) is 0. The van der Waals surface area contributed by atoms with Gasteiger partial charge in [-0.15, -0.1) is 46.7 Å². The van der Waals surface area contributed by atoms with Crippen molar-refractivity contribution >= 4 is 117 Å². The average molecular weight is 454 g/mol. The second-order valence-corrected chi connectivity index (χ2v) is 15.4. The van der Waals surface area contributed by atoms with E-state index in [0.717, 1.165) is 0 Å². The number of thioether (sulfide) groups is 8. The van der Waals surface area contributed by atoms with Crippen molar-refractivity contribution in [3.63, 3.8) is 0 Å². The van der Waals surface area contributed by atoms with E-state index in [1.807, 2.05) is 70.6 Å². The number of hydrogen-bond donors (Lipinski definition) is 0. The third kappa shape index (κ3) is 3.22. The molecule has 4 aliphatic heterocycles. The molecule has 0 N–H and O–H groups in total. The lowest BCUT2D eigenvalue weighted by molar-refractivity contribution is 1.33. The zero-order valence-electron chi connectivity index (χ0n) is 9.59. The van der Waals surface area contributed by atoms with Crippen LogP contribution in [0.15, 0.2) is 25.4 Å². The van der Waals surface area contributed by atoms with Crippen LogP contribution in [0.4, 0.5) is 0 Å². The number of halogens is 2. The summed E-state index contributed by atoms with van der Waals surface area (Å²) in [6.07, 6.45) is 0. The fourth-order valence-electron chi connectivity index (χ4n) is 1.61. The van der Waals surface area contributed by atoms with Crippen molar-refractivity contribution in [2.45, 2.75) is 9.42 Å². The van der Waals surface area contributed by atoms with E-state index < -0.39 is 0 Å². The van der Waals surface area contributed by atoms with E-state index in [2.05, 4.69) is 0 Å². The molecule has 0 amide bonds. The number of rotatable bonds is 0. The number of hydrogen-bond acceptors (Lipinski definition) is 8. The zero-order chi connectivity index (χ0) is 13.7. The van der Waals surface area contributed by atoms with Crippen LogP contribution in [-0.4, -0.2) is 20.9 Å². The van der Waals surface area contributed by atoms with Crippen molar-refractivity contribution in [2.24, 2.45) is 0 Å². The van der Waals surface area contributed by atoms with Crippen LogP contribution in [0.25, 0.3) is 0 Å². The quantitative estimate of drug-likeness (QED) is 0.343. The standard InChI is InChI=1S/C10H6Cl2S8/c11-3-4(12)16-8-7(15-3)19-10(20-8)9-17-5-6(18-9)14-2-1-13-5/h3-4H,1-2H2/t3-,4-/m0/s1. The minimum atomic E-state index is -0.0285. The Hall–Kier alpha value is 2.60. The van der Waals surface area contributed by atoms with Gasteiger partial charge in [0.1, 0.15) is 9.42 Å². The van der Waals surface area contributed by atoms with Gasteiger partial charge in [0.2, 0.25) is 0 Å². The van der Waals surface area contributed by atoms with Crippen molar-refractivity contribution in [2.75, 3.05) is 11.5 Å². The van der Waals surface area contributed by atoms with E-state index in [4.69, 9.17) is 23.2 Å². The molecule has 20 heavy (non-hydrogen) atoms. The normalized spacial score (nSPS) is 33.9. The van der Waals surface area contributed by atoms with Gasteiger partial charge in [-0.1, -0.05) is 70.6 Å². The molecule has 0 aromatic heterocycles. The maximum atomic E-state index is 6.25. The summed E-state index contributed by atoms with van der Waals surface area (Å²) in [7, 11) is 0. The van der Waals surface area contributed by atoms with E-state index in [0.29, 0.717) is 0 Å². The van der Waals surface area contributed by atoms with Crippen LogP contribution in [-0.2, 0) is 0 Å². The Kier molecular flexibility index (Phi) is 5.50. The first-order valence-electron chi connectivity index (χ1n) is 5.52. The Morgan fingerprint density at radius 2 is 1.00 bits per heavy atom. The van der Waals surface area contributed by atoms with Crippen molar-refractivity contribution < 1.29 is 0 Å². The molecule has 10 heteroatoms. The van der Waals surface area contributed by atoms with Crippen molar-refractivity contribution in [1.29, 1.82) is 0 Å². The molecule has 4 aliphatic rings. The SMILES string of the molecule is Cl[C@H]1SC2=C(SC(=C3SC4=C(SCCS4)S3)S2)S[C@@H]1Cl. The van der Waals surface area contributed by atoms with Gasteiger partial charge in [-0.2, -0.15) is 0 Å². The third-order valence-electron chi connectivity index (χ3n) is 2.44. The van der Waals surface area contributed by atoms with Crippen LogP contribution in [0.3, 0.4) is 0 Å². The van der Waals surface area contributed by atoms with E-state index in [1.165, 1.54) is 36.9 Å². The first-order valence-corrected chi connectivity index (χ1v) is 13.4. The van der Waals surface area contributed by atoms with Crippen molar-refractivity contribution in [3.05, 3.63) is 25.4 Å². The Labute approximate surface area is 162 Å². The maximum absolute atomic E-state index is 6.25. The van der Waals surface area contributed by atoms with Gasteiger partial charge in [-0.05, 0) is 0 Å². The predicted octanol–water partition coefficient (Wildman–Crippen LogP) is 7.42. The zero-order valence-corrected chi connectivity index (χ0v) is 17.6. The predicted molar refractivity (Wildman–Crippen MR) is 111 cm³/mol. The van der Waals surface area contributed by atoms with E-state index in [-0.39, 0.29) is 9.42 Å². The van der Waals surface area contributed by atoms with Crippen LogP contribution in [0.2, 0.25) is 0 Å². The van der Waals surface area contributed by atoms with Crippen LogP contribution in [0.1, 0.15) is 0 Å². The van der Waals surface area contributed by atoms with E-state index in [1.54, 1.807) is 23.5 Å². The topological polar surface area (TPSA) is 0 Å². The number of alkyl halides is 2. The van der Waals surface area contributed by atoms with E-state index >= 15 is 0 Å². The molecule has 0 aliphatic carbocycles. The molecule has 0 saturated heterocycles. The molecular weight excluding hydrogens is 448 g/mol. The molecule has 0 radical (unpaired) electrons. The molecule has 0 saturated carbocycles. The van der Waals surface area contributed by atoms with Gasteiger partial charge in [0, 0.05) is 11.5 Å². The summed E-state index contributed by atoms with van der Waals surface area (Å²) < 4.78 is 8.49. The Balaban J connectivity index is 1.52. The smallest absolute Gasteiger partial charge is 0.110 e.